The minimum Gasteiger partial charge on any atom is -0.352 e. The van der Waals surface area contributed by atoms with Crippen LogP contribution >= 0.6 is 0 Å². The molecule has 1 fully saturated rings. The number of hydrogen-bond acceptors (Lipinski definition) is 9. The fourth-order valence-electron chi connectivity index (χ4n) is 5.44. The van der Waals surface area contributed by atoms with Crippen LogP contribution in [0, 0.1) is 18.3 Å². The Labute approximate surface area is 253 Å². The highest BCUT2D eigenvalue weighted by Gasteiger charge is 2.37. The Morgan fingerprint density at radius 1 is 1.20 bits per heavy atom. The molecule has 11 nitrogen and oxygen atoms in total. The summed E-state index contributed by atoms with van der Waals surface area (Å²) in [4.78, 5) is 43.2. The van der Waals surface area contributed by atoms with Gasteiger partial charge in [0.05, 0.1) is 41.4 Å². The fourth-order valence-corrected chi connectivity index (χ4v) is 5.44. The van der Waals surface area contributed by atoms with E-state index < -0.39 is 29.0 Å². The third-order valence-electron chi connectivity index (χ3n) is 7.93. The number of nitrogens with zero attached hydrogens (tertiary/aromatic N) is 9. The third-order valence-corrected chi connectivity index (χ3v) is 7.93. The third kappa shape index (κ3) is 6.52. The normalized spacial score (nSPS) is 15.5. The molecule has 0 N–H and O–H groups in total. The van der Waals surface area contributed by atoms with Gasteiger partial charge < -0.3 is 19.6 Å². The highest BCUT2D eigenvalue weighted by molar-refractivity contribution is 5.90. The lowest BCUT2D eigenvalue weighted by Crippen LogP contribution is -2.55. The van der Waals surface area contributed by atoms with E-state index in [1.807, 2.05) is 4.90 Å². The monoisotopic (exact) mass is 611 g/mol. The maximum absolute atomic E-state index is 14.1. The van der Waals surface area contributed by atoms with Gasteiger partial charge >= 0.3 is 6.18 Å². The van der Waals surface area contributed by atoms with E-state index in [1.165, 1.54) is 37.4 Å². The maximum atomic E-state index is 14.1. The number of anilines is 2. The van der Waals surface area contributed by atoms with Crippen molar-refractivity contribution in [2.45, 2.75) is 39.4 Å². The zero-order valence-corrected chi connectivity index (χ0v) is 25.3. The van der Waals surface area contributed by atoms with Crippen LogP contribution < -0.4 is 15.4 Å². The largest absolute Gasteiger partial charge is 0.418 e. The summed E-state index contributed by atoms with van der Waals surface area (Å²) in [5.41, 5.74) is -2.31. The number of aryl methyl sites for hydroxylation is 1. The van der Waals surface area contributed by atoms with E-state index in [9.17, 15) is 28.0 Å². The summed E-state index contributed by atoms with van der Waals surface area (Å²) in [6.45, 7) is 12.8. The van der Waals surface area contributed by atoms with Crippen LogP contribution in [-0.4, -0.2) is 94.4 Å². The second kappa shape index (κ2) is 13.4. The molecule has 3 heterocycles. The molecule has 1 aromatic carbocycles. The second-order valence-corrected chi connectivity index (χ2v) is 10.6. The van der Waals surface area contributed by atoms with Crippen LogP contribution in [-0.2, 0) is 11.0 Å². The van der Waals surface area contributed by atoms with Crippen LogP contribution in [0.15, 0.2) is 41.8 Å². The lowest BCUT2D eigenvalue weighted by Gasteiger charge is -2.41. The molecule has 234 valence electrons. The molecule has 0 aliphatic carbocycles. The number of rotatable bonds is 10. The Bertz CT molecular complexity index is 1630. The number of alkyl halides is 3. The first kappa shape index (κ1) is 32.4. The Hall–Kier alpha value is -4.51. The van der Waals surface area contributed by atoms with E-state index in [-0.39, 0.29) is 47.8 Å². The van der Waals surface area contributed by atoms with Gasteiger partial charge in [-0.1, -0.05) is 32.6 Å². The minimum atomic E-state index is -4.72. The molecular formula is C30H36F3N9O2. The first-order valence-corrected chi connectivity index (χ1v) is 14.4. The van der Waals surface area contributed by atoms with Gasteiger partial charge in [-0.2, -0.15) is 33.2 Å². The standard InChI is InChI=1S/C30H36F3N9O2/c1-6-24(43)41-17-16-40(19-21(41)12-13-34)27-22-18-35-42(23-11-9-10-20(4)25(23)30(31,32)33)28(44)26(22)36-29(37-27)38(5)14-15-39(7-2)8-3/h6,9-11,18,21H,1,7-8,12,14-17,19H2,2-5H3/t21-/m0/s1. The molecule has 1 aliphatic rings. The number of amides is 1. The van der Waals surface area contributed by atoms with Gasteiger partial charge in [0.2, 0.25) is 11.9 Å². The van der Waals surface area contributed by atoms with Gasteiger partial charge in [-0.25, -0.2) is 4.98 Å². The summed E-state index contributed by atoms with van der Waals surface area (Å²) in [6, 6.07) is 5.63. The fraction of sp³-hybridized carbons (Fsp3) is 0.467. The summed E-state index contributed by atoms with van der Waals surface area (Å²) >= 11 is 0. The lowest BCUT2D eigenvalue weighted by atomic mass is 10.1. The SMILES string of the molecule is C=CC(=O)N1CCN(c2nc(N(C)CCN(CC)CC)nc3c(=O)n(-c4cccc(C)c4C(F)(F)F)ncc23)C[C@@H]1CC#N. The van der Waals surface area contributed by atoms with Crippen molar-refractivity contribution in [2.24, 2.45) is 0 Å². The topological polar surface area (TPSA) is 114 Å². The molecule has 0 spiro atoms. The second-order valence-electron chi connectivity index (χ2n) is 10.6. The molecule has 0 unspecified atom stereocenters. The summed E-state index contributed by atoms with van der Waals surface area (Å²) in [7, 11) is 1.79. The Morgan fingerprint density at radius 3 is 2.57 bits per heavy atom. The van der Waals surface area contributed by atoms with Crippen molar-refractivity contribution in [3.05, 3.63) is 58.5 Å². The van der Waals surface area contributed by atoms with Crippen LogP contribution in [0.3, 0.4) is 0 Å². The number of aromatic nitrogens is 4. The number of carbonyl (C=O) groups is 1. The van der Waals surface area contributed by atoms with Gasteiger partial charge in [-0.15, -0.1) is 0 Å². The zero-order valence-electron chi connectivity index (χ0n) is 25.3. The van der Waals surface area contributed by atoms with Crippen molar-refractivity contribution in [1.29, 1.82) is 5.26 Å². The van der Waals surface area contributed by atoms with Crippen molar-refractivity contribution in [3.63, 3.8) is 0 Å². The van der Waals surface area contributed by atoms with Crippen LogP contribution in [0.5, 0.6) is 0 Å². The Morgan fingerprint density at radius 2 is 1.93 bits per heavy atom. The Balaban J connectivity index is 1.89. The van der Waals surface area contributed by atoms with Crippen molar-refractivity contribution in [3.8, 4) is 11.8 Å². The smallest absolute Gasteiger partial charge is 0.352 e. The van der Waals surface area contributed by atoms with Crippen molar-refractivity contribution in [1.82, 2.24) is 29.5 Å². The summed E-state index contributed by atoms with van der Waals surface area (Å²) < 4.78 is 43.0. The quantitative estimate of drug-likeness (QED) is 0.318. The van der Waals surface area contributed by atoms with Crippen LogP contribution in [0.4, 0.5) is 24.9 Å². The zero-order chi connectivity index (χ0) is 32.2. The predicted octanol–water partition coefficient (Wildman–Crippen LogP) is 3.40. The van der Waals surface area contributed by atoms with Gasteiger partial charge in [0, 0.05) is 39.8 Å². The van der Waals surface area contributed by atoms with Gasteiger partial charge in [0.25, 0.3) is 5.56 Å². The van der Waals surface area contributed by atoms with E-state index in [0.29, 0.717) is 25.5 Å². The predicted molar refractivity (Wildman–Crippen MR) is 162 cm³/mol. The summed E-state index contributed by atoms with van der Waals surface area (Å²) in [5.74, 6) is 0.277. The molecule has 1 atom stereocenters. The molecule has 14 heteroatoms. The first-order valence-electron chi connectivity index (χ1n) is 14.4. The molecule has 1 saturated heterocycles. The van der Waals surface area contributed by atoms with E-state index >= 15 is 0 Å². The molecular weight excluding hydrogens is 575 g/mol. The summed E-state index contributed by atoms with van der Waals surface area (Å²) in [6.07, 6.45) is -2.15. The van der Waals surface area contributed by atoms with E-state index in [0.717, 1.165) is 17.8 Å². The van der Waals surface area contributed by atoms with Crippen LogP contribution in [0.25, 0.3) is 16.6 Å². The van der Waals surface area contributed by atoms with Gasteiger partial charge in [0.1, 0.15) is 11.3 Å². The highest BCUT2D eigenvalue weighted by atomic mass is 19.4. The molecule has 2 aromatic heterocycles. The van der Waals surface area contributed by atoms with Crippen molar-refractivity contribution < 1.29 is 18.0 Å². The van der Waals surface area contributed by atoms with Gasteiger partial charge in [-0.05, 0) is 37.7 Å². The number of carbonyl (C=O) groups excluding carboxylic acids is 1. The van der Waals surface area contributed by atoms with Crippen molar-refractivity contribution >= 4 is 28.6 Å². The maximum Gasteiger partial charge on any atom is 0.418 e. The number of hydrogen-bond donors (Lipinski definition) is 0. The molecule has 0 saturated carbocycles. The average molecular weight is 612 g/mol. The number of likely N-dealkylation sites (N-methyl/N-ethyl adjacent to an activating group) is 2. The molecule has 44 heavy (non-hydrogen) atoms. The molecule has 4 rings (SSSR count). The number of piperazine rings is 1. The van der Waals surface area contributed by atoms with Gasteiger partial charge in [0.15, 0.2) is 0 Å². The average Bonchev–Trinajstić information content (AvgIpc) is 3.00. The van der Waals surface area contributed by atoms with E-state index in [2.05, 4.69) is 41.5 Å². The number of fused-ring (bicyclic) bond motifs is 1. The lowest BCUT2D eigenvalue weighted by molar-refractivity contribution is -0.138. The summed E-state index contributed by atoms with van der Waals surface area (Å²) in [5, 5.41) is 13.9. The first-order chi connectivity index (χ1) is 20.9. The number of benzene rings is 1. The Kier molecular flexibility index (Phi) is 9.88. The van der Waals surface area contributed by atoms with Crippen LogP contribution in [0.1, 0.15) is 31.4 Å². The van der Waals surface area contributed by atoms with E-state index in [1.54, 1.807) is 16.8 Å². The molecule has 1 amide bonds. The minimum absolute atomic E-state index is 0.0422. The van der Waals surface area contributed by atoms with Gasteiger partial charge in [-0.3, -0.25) is 9.59 Å². The highest BCUT2D eigenvalue weighted by Crippen LogP contribution is 2.36. The molecule has 1 aliphatic heterocycles. The van der Waals surface area contributed by atoms with Crippen LogP contribution in [0.2, 0.25) is 0 Å². The molecule has 3 aromatic rings. The van der Waals surface area contributed by atoms with E-state index in [4.69, 9.17) is 4.98 Å². The number of nitriles is 1. The molecule has 0 radical (unpaired) electrons. The van der Waals surface area contributed by atoms with Crippen molar-refractivity contribution in [2.75, 3.05) is 62.7 Å². The number of halogens is 3. The molecule has 0 bridgehead atoms.